The Bertz CT molecular complexity index is 99.5. The molecule has 0 aromatic rings. The van der Waals surface area contributed by atoms with Crippen LogP contribution in [0.5, 0.6) is 0 Å². The van der Waals surface area contributed by atoms with Crippen molar-refractivity contribution in [2.75, 3.05) is 7.05 Å². The second-order valence-electron chi connectivity index (χ2n) is 1.08. The lowest BCUT2D eigenvalue weighted by atomic mass is 10.9. The Kier molecular flexibility index (Phi) is 3.56. The molecule has 4 nitrogen and oxygen atoms in total. The number of hydrogen-bond acceptors (Lipinski definition) is 2. The fraction of sp³-hybridized carbons (Fsp3) is 0.500. The van der Waals surface area contributed by atoms with Gasteiger partial charge in [0.25, 0.3) is 0 Å². The van der Waals surface area contributed by atoms with Crippen molar-refractivity contribution in [1.82, 2.24) is 10.7 Å². The number of nitrogens with one attached hydrogen (secondary N) is 2. The number of hydrogen-bond donors (Lipinski definition) is 2. The summed E-state index contributed by atoms with van der Waals surface area (Å²) in [4.78, 5) is 10.2. The number of urea groups is 1. The summed E-state index contributed by atoms with van der Waals surface area (Å²) in [7, 11) is 1.53. The van der Waals surface area contributed by atoms with Gasteiger partial charge in [-0.3, -0.25) is 0 Å². The molecule has 2 N–H and O–H groups in total. The first kappa shape index (κ1) is 6.94. The van der Waals surface area contributed by atoms with Crippen LogP contribution in [0, 0.1) is 0 Å². The first-order valence-corrected chi connectivity index (χ1v) is 2.26. The Morgan fingerprint density at radius 3 is 2.75 bits per heavy atom. The molecule has 8 heavy (non-hydrogen) atoms. The lowest BCUT2D eigenvalue weighted by molar-refractivity contribution is 0.243. The average Bonchev–Trinajstić information content (AvgIpc) is 1.83. The van der Waals surface area contributed by atoms with E-state index in [0.29, 0.717) is 0 Å². The maximum absolute atomic E-state index is 10.2. The van der Waals surface area contributed by atoms with Crippen LogP contribution < -0.4 is 10.7 Å². The summed E-state index contributed by atoms with van der Waals surface area (Å²) in [6.07, 6.45) is 1.50. The van der Waals surface area contributed by atoms with Crippen LogP contribution in [0.25, 0.3) is 0 Å². The van der Waals surface area contributed by atoms with Crippen molar-refractivity contribution < 1.29 is 4.79 Å². The van der Waals surface area contributed by atoms with Gasteiger partial charge in [-0.05, 0) is 6.92 Å². The van der Waals surface area contributed by atoms with Crippen molar-refractivity contribution >= 4 is 12.2 Å². The Balaban J connectivity index is 3.25. The smallest absolute Gasteiger partial charge is 0.334 e. The zero-order chi connectivity index (χ0) is 6.41. The highest BCUT2D eigenvalue weighted by Gasteiger charge is 1.86. The molecule has 46 valence electrons. The summed E-state index contributed by atoms with van der Waals surface area (Å²) in [5.41, 5.74) is 2.20. The van der Waals surface area contributed by atoms with E-state index < -0.39 is 0 Å². The quantitative estimate of drug-likeness (QED) is 0.364. The first-order valence-electron chi connectivity index (χ1n) is 2.26. The molecular formula is C4H9N3O. The van der Waals surface area contributed by atoms with E-state index in [-0.39, 0.29) is 6.03 Å². The molecule has 0 aromatic carbocycles. The van der Waals surface area contributed by atoms with Gasteiger partial charge in [-0.15, -0.1) is 0 Å². The van der Waals surface area contributed by atoms with E-state index in [0.717, 1.165) is 0 Å². The number of amides is 2. The van der Waals surface area contributed by atoms with Gasteiger partial charge in [0.15, 0.2) is 0 Å². The molecule has 0 aliphatic rings. The summed E-state index contributed by atoms with van der Waals surface area (Å²) in [5.74, 6) is 0. The summed E-state index contributed by atoms with van der Waals surface area (Å²) >= 11 is 0. The van der Waals surface area contributed by atoms with E-state index in [1.165, 1.54) is 13.3 Å². The number of rotatable bonds is 1. The van der Waals surface area contributed by atoms with Gasteiger partial charge in [0, 0.05) is 13.3 Å². The molecule has 2 amide bonds. The molecule has 0 saturated heterocycles. The highest BCUT2D eigenvalue weighted by atomic mass is 16.2. The van der Waals surface area contributed by atoms with Gasteiger partial charge in [0.05, 0.1) is 0 Å². The van der Waals surface area contributed by atoms with Gasteiger partial charge >= 0.3 is 6.03 Å². The Morgan fingerprint density at radius 1 is 1.75 bits per heavy atom. The topological polar surface area (TPSA) is 53.5 Å². The molecule has 0 spiro atoms. The van der Waals surface area contributed by atoms with E-state index in [4.69, 9.17) is 0 Å². The molecule has 0 aliphatic heterocycles. The lowest BCUT2D eigenvalue weighted by Crippen LogP contribution is -2.28. The van der Waals surface area contributed by atoms with Crippen LogP contribution in [-0.2, 0) is 0 Å². The third kappa shape index (κ3) is 3.14. The van der Waals surface area contributed by atoms with E-state index >= 15 is 0 Å². The minimum absolute atomic E-state index is 0.303. The predicted octanol–water partition coefficient (Wildman–Crippen LogP) is -0.0789. The van der Waals surface area contributed by atoms with E-state index in [1.54, 1.807) is 6.92 Å². The lowest BCUT2D eigenvalue weighted by Gasteiger charge is -1.92. The third-order valence-electron chi connectivity index (χ3n) is 0.522. The van der Waals surface area contributed by atoms with Gasteiger partial charge in [0.2, 0.25) is 0 Å². The molecule has 0 bridgehead atoms. The van der Waals surface area contributed by atoms with Crippen LogP contribution in [0.1, 0.15) is 6.92 Å². The van der Waals surface area contributed by atoms with Crippen LogP contribution >= 0.6 is 0 Å². The largest absolute Gasteiger partial charge is 0.340 e. The van der Waals surface area contributed by atoms with Crippen LogP contribution in [0.3, 0.4) is 0 Å². The second-order valence-corrected chi connectivity index (χ2v) is 1.08. The fourth-order valence-electron chi connectivity index (χ4n) is 0.179. The SMILES string of the molecule is C/C=N\NC(=O)NC. The van der Waals surface area contributed by atoms with E-state index in [1.807, 2.05) is 0 Å². The molecule has 0 saturated carbocycles. The van der Waals surface area contributed by atoms with Crippen molar-refractivity contribution in [3.8, 4) is 0 Å². The molecule has 0 radical (unpaired) electrons. The first-order chi connectivity index (χ1) is 3.81. The minimum Gasteiger partial charge on any atom is -0.340 e. The van der Waals surface area contributed by atoms with Crippen molar-refractivity contribution in [3.63, 3.8) is 0 Å². The van der Waals surface area contributed by atoms with Gasteiger partial charge in [-0.1, -0.05) is 0 Å². The Labute approximate surface area is 48.0 Å². The van der Waals surface area contributed by atoms with Gasteiger partial charge < -0.3 is 5.32 Å². The fourth-order valence-corrected chi connectivity index (χ4v) is 0.179. The molecule has 0 rings (SSSR count). The van der Waals surface area contributed by atoms with Crippen molar-refractivity contribution in [1.29, 1.82) is 0 Å². The Hall–Kier alpha value is -1.06. The summed E-state index contributed by atoms with van der Waals surface area (Å²) in [6.45, 7) is 1.72. The third-order valence-corrected chi connectivity index (χ3v) is 0.522. The average molecular weight is 115 g/mol. The minimum atomic E-state index is -0.303. The van der Waals surface area contributed by atoms with Crippen molar-refractivity contribution in [2.45, 2.75) is 6.92 Å². The van der Waals surface area contributed by atoms with Gasteiger partial charge in [-0.25, -0.2) is 10.2 Å². The predicted molar refractivity (Wildman–Crippen MR) is 31.8 cm³/mol. The molecule has 0 fully saturated rings. The van der Waals surface area contributed by atoms with Gasteiger partial charge in [-0.2, -0.15) is 5.10 Å². The standard InChI is InChI=1S/C4H9N3O/c1-3-6-7-4(8)5-2/h3H,1-2H3,(H2,5,7,8)/b6-3-. The number of hydrazone groups is 1. The zero-order valence-corrected chi connectivity index (χ0v) is 4.93. The molecule has 4 heteroatoms. The van der Waals surface area contributed by atoms with Crippen LogP contribution in [0.2, 0.25) is 0 Å². The zero-order valence-electron chi connectivity index (χ0n) is 4.93. The summed E-state index contributed by atoms with van der Waals surface area (Å²) < 4.78 is 0. The molecular weight excluding hydrogens is 106 g/mol. The molecule has 0 heterocycles. The maximum Gasteiger partial charge on any atom is 0.334 e. The van der Waals surface area contributed by atoms with E-state index in [2.05, 4.69) is 15.8 Å². The van der Waals surface area contributed by atoms with Gasteiger partial charge in [0.1, 0.15) is 0 Å². The Morgan fingerprint density at radius 2 is 2.38 bits per heavy atom. The van der Waals surface area contributed by atoms with Crippen LogP contribution in [0.15, 0.2) is 5.10 Å². The maximum atomic E-state index is 10.2. The molecule has 0 atom stereocenters. The normalized spacial score (nSPS) is 9.25. The van der Waals surface area contributed by atoms with Crippen molar-refractivity contribution in [3.05, 3.63) is 0 Å². The monoisotopic (exact) mass is 115 g/mol. The second kappa shape index (κ2) is 4.11. The number of nitrogens with zero attached hydrogens (tertiary/aromatic N) is 1. The number of carbonyl (C=O) groups excluding carboxylic acids is 1. The highest BCUT2D eigenvalue weighted by molar-refractivity contribution is 5.74. The number of carbonyl (C=O) groups is 1. The molecule has 0 aromatic heterocycles. The highest BCUT2D eigenvalue weighted by Crippen LogP contribution is 1.58. The molecule has 0 unspecified atom stereocenters. The van der Waals surface area contributed by atoms with Crippen molar-refractivity contribution in [2.24, 2.45) is 5.10 Å². The molecule has 0 aliphatic carbocycles. The van der Waals surface area contributed by atoms with Crippen LogP contribution in [0.4, 0.5) is 4.79 Å². The summed E-state index contributed by atoms with van der Waals surface area (Å²) in [5, 5.41) is 5.79. The van der Waals surface area contributed by atoms with E-state index in [9.17, 15) is 4.79 Å². The van der Waals surface area contributed by atoms with Crippen LogP contribution in [-0.4, -0.2) is 19.3 Å². The summed E-state index contributed by atoms with van der Waals surface area (Å²) in [6, 6.07) is -0.303.